The molecule has 0 spiro atoms. The van der Waals surface area contributed by atoms with Crippen molar-refractivity contribution in [3.05, 3.63) is 65.2 Å². The molecule has 1 N–H and O–H groups in total. The summed E-state index contributed by atoms with van der Waals surface area (Å²) in [5.41, 5.74) is 3.28. The number of hydrogen-bond acceptors (Lipinski definition) is 4. The maximum atomic E-state index is 13.1. The third-order valence-corrected chi connectivity index (χ3v) is 4.80. The summed E-state index contributed by atoms with van der Waals surface area (Å²) in [5, 5.41) is 2.68. The van der Waals surface area contributed by atoms with Crippen LogP contribution in [0.2, 0.25) is 0 Å². The van der Waals surface area contributed by atoms with Crippen LogP contribution in [-0.4, -0.2) is 43.7 Å². The van der Waals surface area contributed by atoms with Gasteiger partial charge < -0.3 is 19.7 Å². The smallest absolute Gasteiger partial charge is 0.407 e. The van der Waals surface area contributed by atoms with Crippen molar-refractivity contribution >= 4 is 12.0 Å². The molecule has 27 heavy (non-hydrogen) atoms. The highest BCUT2D eigenvalue weighted by Crippen LogP contribution is 2.24. The second-order valence-electron chi connectivity index (χ2n) is 6.52. The number of carbonyl (C=O) groups excluding carboxylic acids is 2. The van der Waals surface area contributed by atoms with Gasteiger partial charge in [0, 0.05) is 19.5 Å². The molecule has 142 valence electrons. The normalized spacial score (nSPS) is 14.1. The van der Waals surface area contributed by atoms with Gasteiger partial charge in [-0.2, -0.15) is 0 Å². The summed E-state index contributed by atoms with van der Waals surface area (Å²) in [6.07, 6.45) is 0.584. The predicted octanol–water partition coefficient (Wildman–Crippen LogP) is 2.55. The monoisotopic (exact) mass is 368 g/mol. The van der Waals surface area contributed by atoms with Gasteiger partial charge in [0.25, 0.3) is 0 Å². The second-order valence-corrected chi connectivity index (χ2v) is 6.52. The number of nitrogens with one attached hydrogen (secondary N) is 1. The highest BCUT2D eigenvalue weighted by molar-refractivity contribution is 5.86. The number of alkyl carbamates (subject to hydrolysis) is 1. The minimum absolute atomic E-state index is 0.113. The van der Waals surface area contributed by atoms with Gasteiger partial charge in [0.1, 0.15) is 11.8 Å². The van der Waals surface area contributed by atoms with Crippen LogP contribution in [0, 0.1) is 0 Å². The summed E-state index contributed by atoms with van der Waals surface area (Å²) in [5.74, 6) is 0.661. The molecule has 0 saturated heterocycles. The molecule has 2 aromatic rings. The van der Waals surface area contributed by atoms with Crippen molar-refractivity contribution in [1.29, 1.82) is 0 Å². The largest absolute Gasteiger partial charge is 0.497 e. The van der Waals surface area contributed by atoms with Crippen LogP contribution in [0.25, 0.3) is 0 Å². The van der Waals surface area contributed by atoms with Gasteiger partial charge in [-0.15, -0.1) is 0 Å². The van der Waals surface area contributed by atoms with E-state index in [0.29, 0.717) is 19.5 Å². The first kappa shape index (κ1) is 18.8. The Labute approximate surface area is 159 Å². The van der Waals surface area contributed by atoms with Gasteiger partial charge in [-0.3, -0.25) is 4.79 Å². The molecule has 1 aliphatic rings. The zero-order valence-corrected chi connectivity index (χ0v) is 15.6. The SMILES string of the molecule is COC(=O)NC(Cc1ccccc1)C(=O)N1CCc2ccc(OC)cc2C1. The third kappa shape index (κ3) is 4.58. The maximum Gasteiger partial charge on any atom is 0.407 e. The zero-order valence-electron chi connectivity index (χ0n) is 15.6. The average molecular weight is 368 g/mol. The van der Waals surface area contributed by atoms with Gasteiger partial charge in [-0.05, 0) is 35.2 Å². The first-order chi connectivity index (χ1) is 13.1. The van der Waals surface area contributed by atoms with Crippen LogP contribution in [0.3, 0.4) is 0 Å². The molecule has 1 heterocycles. The number of benzene rings is 2. The Morgan fingerprint density at radius 2 is 1.89 bits per heavy atom. The van der Waals surface area contributed by atoms with Crippen LogP contribution >= 0.6 is 0 Å². The van der Waals surface area contributed by atoms with E-state index in [0.717, 1.165) is 23.3 Å². The van der Waals surface area contributed by atoms with Gasteiger partial charge in [0.05, 0.1) is 14.2 Å². The molecule has 0 aliphatic carbocycles. The molecule has 6 nitrogen and oxygen atoms in total. The molecular formula is C21H24N2O4. The summed E-state index contributed by atoms with van der Waals surface area (Å²) in [4.78, 5) is 26.7. The van der Waals surface area contributed by atoms with Crippen LogP contribution in [0.1, 0.15) is 16.7 Å². The highest BCUT2D eigenvalue weighted by Gasteiger charge is 2.29. The van der Waals surface area contributed by atoms with Crippen molar-refractivity contribution in [1.82, 2.24) is 10.2 Å². The molecule has 3 rings (SSSR count). The van der Waals surface area contributed by atoms with Crippen LogP contribution in [-0.2, 0) is 28.9 Å². The minimum Gasteiger partial charge on any atom is -0.497 e. The third-order valence-electron chi connectivity index (χ3n) is 4.80. The van der Waals surface area contributed by atoms with E-state index in [-0.39, 0.29) is 5.91 Å². The number of amides is 2. The summed E-state index contributed by atoms with van der Waals surface area (Å²) in [6.45, 7) is 1.12. The number of hydrogen-bond donors (Lipinski definition) is 1. The fourth-order valence-corrected chi connectivity index (χ4v) is 3.32. The number of carbonyl (C=O) groups is 2. The molecule has 0 bridgehead atoms. The molecule has 2 aromatic carbocycles. The fourth-order valence-electron chi connectivity index (χ4n) is 3.32. The van der Waals surface area contributed by atoms with E-state index in [2.05, 4.69) is 5.32 Å². The van der Waals surface area contributed by atoms with E-state index >= 15 is 0 Å². The summed E-state index contributed by atoms with van der Waals surface area (Å²) in [6, 6.07) is 14.9. The minimum atomic E-state index is -0.674. The number of methoxy groups -OCH3 is 2. The molecule has 6 heteroatoms. The maximum absolute atomic E-state index is 13.1. The topological polar surface area (TPSA) is 67.9 Å². The number of nitrogens with zero attached hydrogens (tertiary/aromatic N) is 1. The van der Waals surface area contributed by atoms with Crippen molar-refractivity contribution in [2.75, 3.05) is 20.8 Å². The van der Waals surface area contributed by atoms with E-state index in [4.69, 9.17) is 9.47 Å². The van der Waals surface area contributed by atoms with E-state index < -0.39 is 12.1 Å². The van der Waals surface area contributed by atoms with Gasteiger partial charge in [0.2, 0.25) is 5.91 Å². The van der Waals surface area contributed by atoms with Gasteiger partial charge >= 0.3 is 6.09 Å². The predicted molar refractivity (Wildman–Crippen MR) is 102 cm³/mol. The molecule has 0 saturated carbocycles. The average Bonchev–Trinajstić information content (AvgIpc) is 2.72. The van der Waals surface area contributed by atoms with Gasteiger partial charge in [-0.25, -0.2) is 4.79 Å². The molecule has 0 fully saturated rings. The van der Waals surface area contributed by atoms with E-state index in [1.807, 2.05) is 48.5 Å². The molecule has 1 atom stereocenters. The summed E-state index contributed by atoms with van der Waals surface area (Å²) < 4.78 is 10.00. The molecule has 0 aromatic heterocycles. The van der Waals surface area contributed by atoms with E-state index in [1.54, 1.807) is 12.0 Å². The molecule has 0 radical (unpaired) electrons. The lowest BCUT2D eigenvalue weighted by Crippen LogP contribution is -2.50. The van der Waals surface area contributed by atoms with Crippen molar-refractivity contribution in [2.24, 2.45) is 0 Å². The quantitative estimate of drug-likeness (QED) is 0.881. The summed E-state index contributed by atoms with van der Waals surface area (Å²) >= 11 is 0. The lowest BCUT2D eigenvalue weighted by atomic mass is 9.98. The number of ether oxygens (including phenoxy) is 2. The lowest BCUT2D eigenvalue weighted by Gasteiger charge is -2.32. The van der Waals surface area contributed by atoms with Gasteiger partial charge in [-0.1, -0.05) is 36.4 Å². The molecular weight excluding hydrogens is 344 g/mol. The Bertz CT molecular complexity index is 807. The van der Waals surface area contributed by atoms with Crippen molar-refractivity contribution in [3.63, 3.8) is 0 Å². The van der Waals surface area contributed by atoms with Crippen molar-refractivity contribution in [3.8, 4) is 5.75 Å². The van der Waals surface area contributed by atoms with Crippen LogP contribution in [0.4, 0.5) is 4.79 Å². The first-order valence-electron chi connectivity index (χ1n) is 8.93. The van der Waals surface area contributed by atoms with Crippen LogP contribution in [0.15, 0.2) is 48.5 Å². The molecule has 1 unspecified atom stereocenters. The Balaban J connectivity index is 1.77. The lowest BCUT2D eigenvalue weighted by molar-refractivity contribution is -0.134. The Morgan fingerprint density at radius 3 is 2.59 bits per heavy atom. The fraction of sp³-hybridized carbons (Fsp3) is 0.333. The Kier molecular flexibility index (Phi) is 5.96. The molecule has 2 amide bonds. The van der Waals surface area contributed by atoms with Crippen LogP contribution in [0.5, 0.6) is 5.75 Å². The standard InChI is InChI=1S/C21H24N2O4/c1-26-18-9-8-16-10-11-23(14-17(16)13-18)20(24)19(22-21(25)27-2)12-15-6-4-3-5-7-15/h3-9,13,19H,10-12,14H2,1-2H3,(H,22,25). The zero-order chi connectivity index (χ0) is 19.2. The Hall–Kier alpha value is -3.02. The molecule has 1 aliphatic heterocycles. The second kappa shape index (κ2) is 8.58. The first-order valence-corrected chi connectivity index (χ1v) is 8.93. The van der Waals surface area contributed by atoms with Gasteiger partial charge in [0.15, 0.2) is 0 Å². The van der Waals surface area contributed by atoms with Crippen LogP contribution < -0.4 is 10.1 Å². The Morgan fingerprint density at radius 1 is 1.11 bits per heavy atom. The van der Waals surface area contributed by atoms with Crippen molar-refractivity contribution in [2.45, 2.75) is 25.4 Å². The highest BCUT2D eigenvalue weighted by atomic mass is 16.5. The number of fused-ring (bicyclic) bond motifs is 1. The summed E-state index contributed by atoms with van der Waals surface area (Å²) in [7, 11) is 2.92. The van der Waals surface area contributed by atoms with Crippen molar-refractivity contribution < 1.29 is 19.1 Å². The van der Waals surface area contributed by atoms with E-state index in [1.165, 1.54) is 12.7 Å². The van der Waals surface area contributed by atoms with E-state index in [9.17, 15) is 9.59 Å². The number of rotatable bonds is 5.